The van der Waals surface area contributed by atoms with E-state index in [-0.39, 0.29) is 0 Å². The molecule has 0 saturated carbocycles. The van der Waals surface area contributed by atoms with Crippen LogP contribution in [0.1, 0.15) is 31.9 Å². The number of hydrogen-bond donors (Lipinski definition) is 0. The standard InChI is InChI=1S/C18H34NO3Si/c1-7-20-23(21-8-2,22-9-3)14-13-17-11-10-12-18(15-17)16-19(4,5)6/h10-12,15H,7-9,13-14,16H2,1-6H3/q+1. The highest BCUT2D eigenvalue weighted by Crippen LogP contribution is 2.20. The lowest BCUT2D eigenvalue weighted by atomic mass is 10.1. The predicted octanol–water partition coefficient (Wildman–Crippen LogP) is 3.48. The minimum Gasteiger partial charge on any atom is -0.374 e. The quantitative estimate of drug-likeness (QED) is 0.456. The maximum Gasteiger partial charge on any atom is 0.501 e. The summed E-state index contributed by atoms with van der Waals surface area (Å²) in [5.74, 6) is 0. The summed E-state index contributed by atoms with van der Waals surface area (Å²) in [6.45, 7) is 8.93. The number of aryl methyl sites for hydroxylation is 1. The largest absolute Gasteiger partial charge is 0.501 e. The first-order valence-corrected chi connectivity index (χ1v) is 10.6. The molecule has 1 rings (SSSR count). The van der Waals surface area contributed by atoms with Gasteiger partial charge in [-0.15, -0.1) is 0 Å². The molecule has 1 aromatic rings. The molecule has 0 N–H and O–H groups in total. The van der Waals surface area contributed by atoms with Gasteiger partial charge in [0.05, 0.1) is 21.1 Å². The summed E-state index contributed by atoms with van der Waals surface area (Å²) >= 11 is 0. The molecule has 0 bridgehead atoms. The molecule has 4 nitrogen and oxygen atoms in total. The van der Waals surface area contributed by atoms with Crippen LogP contribution in [-0.2, 0) is 26.2 Å². The minimum atomic E-state index is -2.55. The second kappa shape index (κ2) is 9.54. The van der Waals surface area contributed by atoms with E-state index in [1.54, 1.807) is 0 Å². The number of quaternary nitrogens is 1. The van der Waals surface area contributed by atoms with E-state index in [9.17, 15) is 0 Å². The number of rotatable bonds is 11. The summed E-state index contributed by atoms with van der Waals surface area (Å²) in [4.78, 5) is 0. The summed E-state index contributed by atoms with van der Waals surface area (Å²) < 4.78 is 18.7. The van der Waals surface area contributed by atoms with Gasteiger partial charge >= 0.3 is 8.80 Å². The first-order chi connectivity index (χ1) is 10.8. The monoisotopic (exact) mass is 340 g/mol. The maximum absolute atomic E-state index is 5.93. The second-order valence-electron chi connectivity index (χ2n) is 6.75. The molecular formula is C18H34NO3Si+. The zero-order valence-electron chi connectivity index (χ0n) is 15.7. The fourth-order valence-electron chi connectivity index (χ4n) is 2.73. The highest BCUT2D eigenvalue weighted by atomic mass is 28.4. The molecule has 0 saturated heterocycles. The van der Waals surface area contributed by atoms with E-state index in [1.807, 2.05) is 20.8 Å². The molecule has 0 aliphatic heterocycles. The predicted molar refractivity (Wildman–Crippen MR) is 97.3 cm³/mol. The van der Waals surface area contributed by atoms with E-state index in [1.165, 1.54) is 11.1 Å². The van der Waals surface area contributed by atoms with Gasteiger partial charge in [0.2, 0.25) is 0 Å². The Morgan fingerprint density at radius 2 is 1.39 bits per heavy atom. The van der Waals surface area contributed by atoms with Crippen molar-refractivity contribution in [2.24, 2.45) is 0 Å². The molecule has 0 amide bonds. The number of hydrogen-bond acceptors (Lipinski definition) is 3. The van der Waals surface area contributed by atoms with Crippen LogP contribution in [0.15, 0.2) is 24.3 Å². The first-order valence-electron chi connectivity index (χ1n) is 8.64. The lowest BCUT2D eigenvalue weighted by Crippen LogP contribution is -2.46. The summed E-state index contributed by atoms with van der Waals surface area (Å²) in [5, 5.41) is 0. The van der Waals surface area contributed by atoms with Gasteiger partial charge in [-0.1, -0.05) is 24.3 Å². The molecule has 132 valence electrons. The molecule has 0 heterocycles. The highest BCUT2D eigenvalue weighted by Gasteiger charge is 2.39. The number of benzene rings is 1. The summed E-state index contributed by atoms with van der Waals surface area (Å²) in [7, 11) is 4.09. The Kier molecular flexibility index (Phi) is 8.43. The molecule has 0 aliphatic carbocycles. The van der Waals surface area contributed by atoms with Crippen molar-refractivity contribution in [3.63, 3.8) is 0 Å². The van der Waals surface area contributed by atoms with E-state index < -0.39 is 8.80 Å². The van der Waals surface area contributed by atoms with Crippen LogP contribution in [0, 0.1) is 0 Å². The van der Waals surface area contributed by atoms with Crippen LogP contribution in [0.25, 0.3) is 0 Å². The Bertz CT molecular complexity index is 443. The lowest BCUT2D eigenvalue weighted by molar-refractivity contribution is -0.884. The third-order valence-electron chi connectivity index (χ3n) is 3.46. The summed E-state index contributed by atoms with van der Waals surface area (Å²) in [5.41, 5.74) is 2.69. The summed E-state index contributed by atoms with van der Waals surface area (Å²) in [6.07, 6.45) is 0.928. The zero-order chi connectivity index (χ0) is 17.3. The number of nitrogens with zero attached hydrogens (tertiary/aromatic N) is 1. The smallest absolute Gasteiger partial charge is 0.374 e. The molecule has 0 spiro atoms. The Labute approximate surface area is 143 Å². The Morgan fingerprint density at radius 1 is 0.870 bits per heavy atom. The van der Waals surface area contributed by atoms with E-state index in [2.05, 4.69) is 45.4 Å². The maximum atomic E-state index is 5.93. The highest BCUT2D eigenvalue weighted by molar-refractivity contribution is 6.60. The van der Waals surface area contributed by atoms with E-state index in [4.69, 9.17) is 13.3 Å². The van der Waals surface area contributed by atoms with Gasteiger partial charge in [-0.3, -0.25) is 0 Å². The molecule has 1 aromatic carbocycles. The SMILES string of the molecule is CCO[Si](CCc1cccc(C[N+](C)(C)C)c1)(OCC)OCC. The van der Waals surface area contributed by atoms with Gasteiger partial charge in [-0.25, -0.2) is 0 Å². The van der Waals surface area contributed by atoms with Crippen molar-refractivity contribution in [1.82, 2.24) is 0 Å². The van der Waals surface area contributed by atoms with Crippen molar-refractivity contribution >= 4 is 8.80 Å². The Morgan fingerprint density at radius 3 is 1.87 bits per heavy atom. The average Bonchev–Trinajstić information content (AvgIpc) is 2.45. The minimum absolute atomic E-state index is 0.633. The van der Waals surface area contributed by atoms with E-state index in [0.29, 0.717) is 19.8 Å². The molecule has 5 heteroatoms. The topological polar surface area (TPSA) is 27.7 Å². The van der Waals surface area contributed by atoms with Crippen molar-refractivity contribution in [2.75, 3.05) is 41.0 Å². The van der Waals surface area contributed by atoms with Crippen molar-refractivity contribution < 1.29 is 17.8 Å². The van der Waals surface area contributed by atoms with Gasteiger partial charge in [-0.2, -0.15) is 0 Å². The van der Waals surface area contributed by atoms with Crippen LogP contribution >= 0.6 is 0 Å². The fraction of sp³-hybridized carbons (Fsp3) is 0.667. The van der Waals surface area contributed by atoms with Crippen LogP contribution in [-0.4, -0.2) is 54.3 Å². The van der Waals surface area contributed by atoms with Gasteiger partial charge in [0.1, 0.15) is 6.54 Å². The molecule has 23 heavy (non-hydrogen) atoms. The molecule has 0 aliphatic rings. The van der Waals surface area contributed by atoms with Crippen molar-refractivity contribution in [3.05, 3.63) is 35.4 Å². The Balaban J connectivity index is 2.78. The van der Waals surface area contributed by atoms with Crippen LogP contribution in [0.3, 0.4) is 0 Å². The first kappa shape index (κ1) is 20.3. The third-order valence-corrected chi connectivity index (χ3v) is 6.51. The summed E-state index contributed by atoms with van der Waals surface area (Å²) in [6, 6.07) is 9.65. The van der Waals surface area contributed by atoms with Gasteiger partial charge in [0.25, 0.3) is 0 Å². The van der Waals surface area contributed by atoms with Crippen LogP contribution in [0.5, 0.6) is 0 Å². The Hall–Kier alpha value is -0.723. The molecule has 0 atom stereocenters. The lowest BCUT2D eigenvalue weighted by Gasteiger charge is -2.28. The van der Waals surface area contributed by atoms with Gasteiger partial charge < -0.3 is 17.8 Å². The van der Waals surface area contributed by atoms with Crippen LogP contribution in [0.2, 0.25) is 6.04 Å². The van der Waals surface area contributed by atoms with Gasteiger partial charge in [0, 0.05) is 31.4 Å². The molecule has 0 aromatic heterocycles. The van der Waals surface area contributed by atoms with Crippen molar-refractivity contribution in [2.45, 2.75) is 39.8 Å². The van der Waals surface area contributed by atoms with Crippen molar-refractivity contribution in [3.8, 4) is 0 Å². The molecular weight excluding hydrogens is 306 g/mol. The van der Waals surface area contributed by atoms with Crippen molar-refractivity contribution in [1.29, 1.82) is 0 Å². The normalized spacial score (nSPS) is 12.6. The van der Waals surface area contributed by atoms with Gasteiger partial charge in [-0.05, 0) is 32.8 Å². The molecule has 0 fully saturated rings. The van der Waals surface area contributed by atoms with E-state index >= 15 is 0 Å². The van der Waals surface area contributed by atoms with E-state index in [0.717, 1.165) is 23.5 Å². The third kappa shape index (κ3) is 7.59. The van der Waals surface area contributed by atoms with Crippen LogP contribution < -0.4 is 0 Å². The molecule has 0 unspecified atom stereocenters. The zero-order valence-corrected chi connectivity index (χ0v) is 16.7. The second-order valence-corrected chi connectivity index (χ2v) is 9.48. The molecule has 0 radical (unpaired) electrons. The fourth-order valence-corrected chi connectivity index (χ4v) is 5.33. The van der Waals surface area contributed by atoms with Crippen LogP contribution in [0.4, 0.5) is 0 Å². The average molecular weight is 341 g/mol. The van der Waals surface area contributed by atoms with Gasteiger partial charge in [0.15, 0.2) is 0 Å².